The molecule has 0 fully saturated rings. The van der Waals surface area contributed by atoms with Gasteiger partial charge in [-0.3, -0.25) is 0 Å². The third kappa shape index (κ3) is 5.22. The molecule has 10 rings (SSSR count). The molecule has 3 aliphatic carbocycles. The molecule has 0 unspecified atom stereocenters. The van der Waals surface area contributed by atoms with E-state index in [4.69, 9.17) is 0 Å². The molecular weight excluding hydrogens is 663 g/mol. The first-order chi connectivity index (χ1) is 27.0. The average molecular weight is 706 g/mol. The molecular formula is C54H43N. The standard InChI is InChI=1S/C54H43N/c1-53(2)50-36-38(31-34-45(50)46-35-33-44(37-51(46)53)55(42-23-11-5-12-24-42)43-25-13-6-14-26-43)30-32-39-18-17-29-49-52(39)47-27-15-16-28-48(47)54(49,40-19-7-3-8-20-40)41-21-9-4-10-22-41/h3-14,16-26,28-37H,15,27H2,1-2H3/b32-30+. The fraction of sp³-hybridized carbons (Fsp3) is 0.111. The molecule has 0 aliphatic heterocycles. The van der Waals surface area contributed by atoms with Gasteiger partial charge in [0.25, 0.3) is 0 Å². The highest BCUT2D eigenvalue weighted by atomic mass is 15.1. The lowest BCUT2D eigenvalue weighted by Gasteiger charge is -2.35. The first kappa shape index (κ1) is 33.2. The summed E-state index contributed by atoms with van der Waals surface area (Å²) >= 11 is 0. The minimum absolute atomic E-state index is 0.156. The van der Waals surface area contributed by atoms with Gasteiger partial charge in [0.05, 0.1) is 5.41 Å². The molecule has 0 N–H and O–H groups in total. The summed E-state index contributed by atoms with van der Waals surface area (Å²) in [5, 5.41) is 0. The van der Waals surface area contributed by atoms with Gasteiger partial charge >= 0.3 is 0 Å². The Bertz CT molecular complexity index is 2570. The summed E-state index contributed by atoms with van der Waals surface area (Å²) in [5.41, 5.74) is 19.2. The number of fused-ring (bicyclic) bond motifs is 5. The predicted molar refractivity (Wildman–Crippen MR) is 232 cm³/mol. The minimum atomic E-state index is -0.354. The zero-order valence-corrected chi connectivity index (χ0v) is 31.4. The van der Waals surface area contributed by atoms with Gasteiger partial charge in [0, 0.05) is 22.5 Å². The topological polar surface area (TPSA) is 3.24 Å². The number of para-hydroxylation sites is 2. The molecule has 3 aliphatic rings. The van der Waals surface area contributed by atoms with Crippen molar-refractivity contribution < 1.29 is 0 Å². The lowest BCUT2D eigenvalue weighted by Crippen LogP contribution is -2.29. The van der Waals surface area contributed by atoms with E-state index in [1.807, 2.05) is 0 Å². The van der Waals surface area contributed by atoms with Crippen LogP contribution in [0.25, 0.3) is 28.9 Å². The smallest absolute Gasteiger partial charge is 0.0710 e. The summed E-state index contributed by atoms with van der Waals surface area (Å²) in [4.78, 5) is 2.36. The summed E-state index contributed by atoms with van der Waals surface area (Å²) in [6, 6.07) is 64.6. The molecule has 0 heterocycles. The Labute approximate surface area is 325 Å². The van der Waals surface area contributed by atoms with E-state index in [-0.39, 0.29) is 10.8 Å². The SMILES string of the molecule is CC1(C)c2cc(/C=C/c3cccc4c3C3=C(C=CCC3)C4(c3ccccc3)c3ccccc3)ccc2-c2ccc(N(c3ccccc3)c3ccccc3)cc21. The van der Waals surface area contributed by atoms with Gasteiger partial charge in [0.2, 0.25) is 0 Å². The highest BCUT2D eigenvalue weighted by molar-refractivity contribution is 5.93. The van der Waals surface area contributed by atoms with E-state index < -0.39 is 0 Å². The Kier molecular flexibility index (Phi) is 7.92. The molecule has 0 amide bonds. The maximum absolute atomic E-state index is 2.42. The van der Waals surface area contributed by atoms with Crippen molar-refractivity contribution in [2.75, 3.05) is 4.90 Å². The summed E-state index contributed by atoms with van der Waals surface area (Å²) < 4.78 is 0. The van der Waals surface area contributed by atoms with Crippen molar-refractivity contribution in [2.24, 2.45) is 0 Å². The van der Waals surface area contributed by atoms with Gasteiger partial charge in [-0.1, -0.05) is 178 Å². The van der Waals surface area contributed by atoms with Crippen LogP contribution in [0.4, 0.5) is 17.1 Å². The highest BCUT2D eigenvalue weighted by Gasteiger charge is 2.47. The van der Waals surface area contributed by atoms with Crippen LogP contribution in [0.15, 0.2) is 194 Å². The predicted octanol–water partition coefficient (Wildman–Crippen LogP) is 14.1. The molecule has 1 nitrogen and oxygen atoms in total. The van der Waals surface area contributed by atoms with E-state index in [1.165, 1.54) is 72.5 Å². The van der Waals surface area contributed by atoms with Gasteiger partial charge in [-0.15, -0.1) is 0 Å². The van der Waals surface area contributed by atoms with Crippen LogP contribution in [-0.4, -0.2) is 0 Å². The van der Waals surface area contributed by atoms with E-state index in [2.05, 4.69) is 219 Å². The van der Waals surface area contributed by atoms with Crippen LogP contribution >= 0.6 is 0 Å². The Morgan fingerprint density at radius 2 is 1.09 bits per heavy atom. The Morgan fingerprint density at radius 3 is 1.73 bits per heavy atom. The van der Waals surface area contributed by atoms with E-state index in [0.717, 1.165) is 24.2 Å². The fourth-order valence-electron chi connectivity index (χ4n) is 9.72. The zero-order valence-electron chi connectivity index (χ0n) is 31.4. The lowest BCUT2D eigenvalue weighted by molar-refractivity contribution is 0.660. The summed E-state index contributed by atoms with van der Waals surface area (Å²) in [6.07, 6.45) is 11.6. The molecule has 7 aromatic rings. The van der Waals surface area contributed by atoms with Crippen molar-refractivity contribution in [2.45, 2.75) is 37.5 Å². The maximum Gasteiger partial charge on any atom is 0.0710 e. The van der Waals surface area contributed by atoms with Gasteiger partial charge in [-0.05, 0) is 116 Å². The van der Waals surface area contributed by atoms with Crippen molar-refractivity contribution in [3.8, 4) is 11.1 Å². The number of anilines is 3. The van der Waals surface area contributed by atoms with Crippen molar-refractivity contribution >= 4 is 34.8 Å². The monoisotopic (exact) mass is 705 g/mol. The highest BCUT2D eigenvalue weighted by Crippen LogP contribution is 2.58. The molecule has 0 atom stereocenters. The van der Waals surface area contributed by atoms with E-state index in [1.54, 1.807) is 0 Å². The fourth-order valence-corrected chi connectivity index (χ4v) is 9.72. The quantitative estimate of drug-likeness (QED) is 0.149. The second-order valence-electron chi connectivity index (χ2n) is 15.6. The number of benzene rings is 7. The number of rotatable bonds is 7. The second kappa shape index (κ2) is 13.1. The molecule has 0 bridgehead atoms. The van der Waals surface area contributed by atoms with E-state index >= 15 is 0 Å². The first-order valence-corrected chi connectivity index (χ1v) is 19.6. The molecule has 264 valence electrons. The number of hydrogen-bond donors (Lipinski definition) is 0. The van der Waals surface area contributed by atoms with Gasteiger partial charge < -0.3 is 4.90 Å². The van der Waals surface area contributed by atoms with Crippen molar-refractivity contribution in [1.29, 1.82) is 0 Å². The van der Waals surface area contributed by atoms with Crippen LogP contribution in [-0.2, 0) is 10.8 Å². The molecule has 0 saturated heterocycles. The van der Waals surface area contributed by atoms with Crippen LogP contribution in [0.1, 0.15) is 71.2 Å². The molecule has 1 heteroatoms. The van der Waals surface area contributed by atoms with Crippen LogP contribution in [0.5, 0.6) is 0 Å². The van der Waals surface area contributed by atoms with Gasteiger partial charge in [0.1, 0.15) is 0 Å². The Hall–Kier alpha value is -6.44. The largest absolute Gasteiger partial charge is 0.310 e. The molecule has 7 aromatic carbocycles. The van der Waals surface area contributed by atoms with Crippen molar-refractivity contribution in [3.05, 3.63) is 238 Å². The average Bonchev–Trinajstić information content (AvgIpc) is 3.67. The summed E-state index contributed by atoms with van der Waals surface area (Å²) in [6.45, 7) is 4.76. The number of allylic oxidation sites excluding steroid dienone is 4. The molecule has 0 saturated carbocycles. The minimum Gasteiger partial charge on any atom is -0.310 e. The molecule has 0 spiro atoms. The van der Waals surface area contributed by atoms with Crippen LogP contribution in [0.2, 0.25) is 0 Å². The van der Waals surface area contributed by atoms with E-state index in [9.17, 15) is 0 Å². The van der Waals surface area contributed by atoms with Gasteiger partial charge in [0.15, 0.2) is 0 Å². The lowest BCUT2D eigenvalue weighted by atomic mass is 9.66. The van der Waals surface area contributed by atoms with Crippen molar-refractivity contribution in [3.63, 3.8) is 0 Å². The maximum atomic E-state index is 2.42. The Morgan fingerprint density at radius 1 is 0.509 bits per heavy atom. The van der Waals surface area contributed by atoms with Crippen LogP contribution in [0, 0.1) is 0 Å². The van der Waals surface area contributed by atoms with E-state index in [0.29, 0.717) is 0 Å². The van der Waals surface area contributed by atoms with Crippen LogP contribution < -0.4 is 4.90 Å². The Balaban J connectivity index is 1.04. The molecule has 55 heavy (non-hydrogen) atoms. The zero-order chi connectivity index (χ0) is 37.0. The first-order valence-electron chi connectivity index (χ1n) is 19.6. The van der Waals surface area contributed by atoms with Crippen molar-refractivity contribution in [1.82, 2.24) is 0 Å². The summed E-state index contributed by atoms with van der Waals surface area (Å²) in [7, 11) is 0. The molecule has 0 aromatic heterocycles. The number of hydrogen-bond acceptors (Lipinski definition) is 1. The number of nitrogens with zero attached hydrogens (tertiary/aromatic N) is 1. The normalized spacial score (nSPS) is 15.7. The second-order valence-corrected chi connectivity index (χ2v) is 15.6. The molecule has 0 radical (unpaired) electrons. The summed E-state index contributed by atoms with van der Waals surface area (Å²) in [5.74, 6) is 0. The third-order valence-corrected chi connectivity index (χ3v) is 12.2. The van der Waals surface area contributed by atoms with Gasteiger partial charge in [-0.2, -0.15) is 0 Å². The third-order valence-electron chi connectivity index (χ3n) is 12.2. The van der Waals surface area contributed by atoms with Crippen LogP contribution in [0.3, 0.4) is 0 Å². The van der Waals surface area contributed by atoms with Gasteiger partial charge in [-0.25, -0.2) is 0 Å².